The van der Waals surface area contributed by atoms with Crippen LogP contribution in [0.1, 0.15) is 80.6 Å². The Morgan fingerprint density at radius 2 is 1.86 bits per heavy atom. The third-order valence-electron chi connectivity index (χ3n) is 8.02. The normalized spacial score (nSPS) is 30.2. The van der Waals surface area contributed by atoms with E-state index in [0.29, 0.717) is 30.0 Å². The van der Waals surface area contributed by atoms with Crippen LogP contribution >= 0.6 is 11.3 Å². The zero-order valence-corrected chi connectivity index (χ0v) is 18.0. The van der Waals surface area contributed by atoms with E-state index in [-0.39, 0.29) is 17.7 Å². The van der Waals surface area contributed by atoms with E-state index in [1.807, 2.05) is 6.92 Å². The highest BCUT2D eigenvalue weighted by atomic mass is 32.1. The highest BCUT2D eigenvalue weighted by Crippen LogP contribution is 2.70. The van der Waals surface area contributed by atoms with Crippen LogP contribution in [-0.4, -0.2) is 24.3 Å². The van der Waals surface area contributed by atoms with Crippen molar-refractivity contribution in [1.29, 1.82) is 0 Å². The lowest BCUT2D eigenvalue weighted by Gasteiger charge is -2.38. The molecule has 2 saturated carbocycles. The summed E-state index contributed by atoms with van der Waals surface area (Å²) in [6, 6.07) is 0. The highest BCUT2D eigenvalue weighted by molar-refractivity contribution is 7.17. The maximum atomic E-state index is 13.5. The van der Waals surface area contributed by atoms with Gasteiger partial charge >= 0.3 is 5.97 Å². The monoisotopic (exact) mass is 403 g/mol. The second kappa shape index (κ2) is 6.41. The molecule has 1 aromatic heterocycles. The second-order valence-electron chi connectivity index (χ2n) is 9.23. The molecule has 1 N–H and O–H groups in total. The number of amides is 1. The molecule has 0 radical (unpaired) electrons. The van der Waals surface area contributed by atoms with Gasteiger partial charge in [0.1, 0.15) is 10.8 Å². The van der Waals surface area contributed by atoms with Gasteiger partial charge in [0.25, 0.3) is 0 Å². The molecule has 3 aliphatic rings. The molecule has 2 fully saturated rings. The Kier molecular flexibility index (Phi) is 4.49. The van der Waals surface area contributed by atoms with Gasteiger partial charge in [-0.05, 0) is 56.4 Å². The van der Waals surface area contributed by atoms with Gasteiger partial charge in [0, 0.05) is 16.7 Å². The van der Waals surface area contributed by atoms with E-state index in [9.17, 15) is 14.4 Å². The van der Waals surface area contributed by atoms with Crippen molar-refractivity contribution in [2.24, 2.45) is 16.2 Å². The molecule has 6 heteroatoms. The Labute approximate surface area is 170 Å². The molecule has 0 unspecified atom stereocenters. The number of Topliss-reactive ketones (excluding diaryl/α,β-unsaturated/α-hetero) is 1. The molecule has 5 nitrogen and oxygen atoms in total. The minimum absolute atomic E-state index is 0.115. The summed E-state index contributed by atoms with van der Waals surface area (Å²) < 4.78 is 5.30. The zero-order valence-electron chi connectivity index (χ0n) is 17.2. The number of anilines is 1. The number of hydrogen-bond acceptors (Lipinski definition) is 5. The third-order valence-corrected chi connectivity index (χ3v) is 9.23. The van der Waals surface area contributed by atoms with Gasteiger partial charge in [-0.3, -0.25) is 9.59 Å². The zero-order chi connectivity index (χ0) is 20.3. The van der Waals surface area contributed by atoms with Gasteiger partial charge in [-0.25, -0.2) is 4.79 Å². The van der Waals surface area contributed by atoms with E-state index >= 15 is 0 Å². The smallest absolute Gasteiger partial charge is 0.341 e. The molecule has 2 atom stereocenters. The fourth-order valence-electron chi connectivity index (χ4n) is 5.66. The predicted octanol–water partition coefficient (Wildman–Crippen LogP) is 4.53. The third kappa shape index (κ3) is 2.39. The number of thiophene rings is 1. The van der Waals surface area contributed by atoms with Crippen molar-refractivity contribution in [3.63, 3.8) is 0 Å². The van der Waals surface area contributed by atoms with Gasteiger partial charge in [0.15, 0.2) is 0 Å². The summed E-state index contributed by atoms with van der Waals surface area (Å²) in [6.07, 6.45) is 5.70. The largest absolute Gasteiger partial charge is 0.462 e. The van der Waals surface area contributed by atoms with Crippen LogP contribution < -0.4 is 5.32 Å². The molecule has 0 aliphatic heterocycles. The molecule has 1 aromatic rings. The first-order valence-electron chi connectivity index (χ1n) is 10.3. The number of ketones is 1. The van der Waals surface area contributed by atoms with Crippen molar-refractivity contribution in [3.8, 4) is 0 Å². The number of aryl methyl sites for hydroxylation is 1. The maximum Gasteiger partial charge on any atom is 0.341 e. The molecule has 4 rings (SSSR count). The Hall–Kier alpha value is -1.69. The second-order valence-corrected chi connectivity index (χ2v) is 10.3. The van der Waals surface area contributed by atoms with Crippen molar-refractivity contribution in [2.45, 2.75) is 72.6 Å². The Bertz CT molecular complexity index is 870. The summed E-state index contributed by atoms with van der Waals surface area (Å²) in [5.74, 6) is -0.279. The summed E-state index contributed by atoms with van der Waals surface area (Å²) in [4.78, 5) is 40.1. The van der Waals surface area contributed by atoms with Crippen LogP contribution in [0.15, 0.2) is 0 Å². The van der Waals surface area contributed by atoms with Gasteiger partial charge in [-0.15, -0.1) is 11.3 Å². The first kappa shape index (κ1) is 19.6. The minimum Gasteiger partial charge on any atom is -0.462 e. The first-order chi connectivity index (χ1) is 13.2. The lowest BCUT2D eigenvalue weighted by atomic mass is 9.64. The Balaban J connectivity index is 1.70. The number of ether oxygens (including phenoxy) is 1. The van der Waals surface area contributed by atoms with E-state index in [2.05, 4.69) is 19.2 Å². The molecular weight excluding hydrogens is 374 g/mol. The Morgan fingerprint density at radius 3 is 2.46 bits per heavy atom. The average molecular weight is 404 g/mol. The molecule has 152 valence electrons. The molecule has 3 aliphatic carbocycles. The number of nitrogens with one attached hydrogen (secondary N) is 1. The van der Waals surface area contributed by atoms with Gasteiger partial charge in [-0.2, -0.15) is 0 Å². The summed E-state index contributed by atoms with van der Waals surface area (Å²) in [7, 11) is 0. The van der Waals surface area contributed by atoms with Crippen molar-refractivity contribution in [2.75, 3.05) is 11.9 Å². The van der Waals surface area contributed by atoms with Gasteiger partial charge < -0.3 is 10.1 Å². The molecule has 1 amide bonds. The SMILES string of the molecule is CCOC(=O)c1c(NC(=O)[C@@]23CC[C@@](C)(C(=O)C2)C3(C)C)sc2c1CCCC2. The van der Waals surface area contributed by atoms with Crippen molar-refractivity contribution in [3.05, 3.63) is 16.0 Å². The van der Waals surface area contributed by atoms with Crippen LogP contribution in [0.5, 0.6) is 0 Å². The molecule has 28 heavy (non-hydrogen) atoms. The molecule has 1 heterocycles. The molecule has 0 spiro atoms. The average Bonchev–Trinajstić information content (AvgIpc) is 3.15. The Morgan fingerprint density at radius 1 is 1.14 bits per heavy atom. The predicted molar refractivity (Wildman–Crippen MR) is 109 cm³/mol. The standard InChI is InChI=1S/C22H29NO4S/c1-5-27-18(25)16-13-8-6-7-9-14(13)28-17(16)23-19(26)22-11-10-21(4,15(24)12-22)20(22,2)3/h5-12H2,1-4H3,(H,23,26)/t21-,22+/m0/s1. The van der Waals surface area contributed by atoms with Gasteiger partial charge in [-0.1, -0.05) is 20.8 Å². The molecule has 0 saturated heterocycles. The van der Waals surface area contributed by atoms with E-state index in [1.165, 1.54) is 16.2 Å². The lowest BCUT2D eigenvalue weighted by Crippen LogP contribution is -2.43. The van der Waals surface area contributed by atoms with Crippen molar-refractivity contribution in [1.82, 2.24) is 0 Å². The van der Waals surface area contributed by atoms with Crippen LogP contribution in [0, 0.1) is 16.2 Å². The van der Waals surface area contributed by atoms with Crippen LogP contribution in [0.3, 0.4) is 0 Å². The van der Waals surface area contributed by atoms with Gasteiger partial charge in [0.2, 0.25) is 5.91 Å². The molecule has 0 aromatic carbocycles. The van der Waals surface area contributed by atoms with Crippen LogP contribution in [-0.2, 0) is 27.2 Å². The number of fused-ring (bicyclic) bond motifs is 3. The minimum atomic E-state index is -0.699. The fraction of sp³-hybridized carbons (Fsp3) is 0.682. The number of esters is 1. The summed E-state index contributed by atoms with van der Waals surface area (Å²) in [6.45, 7) is 8.21. The van der Waals surface area contributed by atoms with Crippen LogP contribution in [0.25, 0.3) is 0 Å². The van der Waals surface area contributed by atoms with Crippen LogP contribution in [0.4, 0.5) is 5.00 Å². The van der Waals surface area contributed by atoms with Crippen molar-refractivity contribution >= 4 is 34.0 Å². The first-order valence-corrected chi connectivity index (χ1v) is 11.2. The van der Waals surface area contributed by atoms with E-state index in [4.69, 9.17) is 4.74 Å². The summed E-state index contributed by atoms with van der Waals surface area (Å²) >= 11 is 1.51. The number of carbonyl (C=O) groups is 3. The highest BCUT2D eigenvalue weighted by Gasteiger charge is 2.72. The lowest BCUT2D eigenvalue weighted by molar-refractivity contribution is -0.131. The number of carbonyl (C=O) groups excluding carboxylic acids is 3. The molecule has 2 bridgehead atoms. The maximum absolute atomic E-state index is 13.5. The topological polar surface area (TPSA) is 72.5 Å². The van der Waals surface area contributed by atoms with E-state index in [1.54, 1.807) is 6.92 Å². The fourth-order valence-corrected chi connectivity index (χ4v) is 6.93. The van der Waals surface area contributed by atoms with E-state index < -0.39 is 16.2 Å². The number of hydrogen-bond donors (Lipinski definition) is 1. The van der Waals surface area contributed by atoms with E-state index in [0.717, 1.165) is 37.7 Å². The molecular formula is C22H29NO4S. The number of rotatable bonds is 4. The quantitative estimate of drug-likeness (QED) is 0.750. The summed E-state index contributed by atoms with van der Waals surface area (Å²) in [5, 5.41) is 3.69. The van der Waals surface area contributed by atoms with Crippen molar-refractivity contribution < 1.29 is 19.1 Å². The summed E-state index contributed by atoms with van der Waals surface area (Å²) in [5.41, 5.74) is 0.0372. The van der Waals surface area contributed by atoms with Crippen LogP contribution in [0.2, 0.25) is 0 Å². The van der Waals surface area contributed by atoms with Gasteiger partial charge in [0.05, 0.1) is 17.6 Å².